The van der Waals surface area contributed by atoms with E-state index < -0.39 is 18.1 Å². The number of aliphatic hydroxyl groups is 1. The number of carboxylic acids is 1. The summed E-state index contributed by atoms with van der Waals surface area (Å²) in [7, 11) is 0. The van der Waals surface area contributed by atoms with E-state index in [9.17, 15) is 14.7 Å². The van der Waals surface area contributed by atoms with E-state index in [1.165, 1.54) is 32.6 Å². The first-order valence-corrected chi connectivity index (χ1v) is 7.19. The van der Waals surface area contributed by atoms with Crippen molar-refractivity contribution in [3.05, 3.63) is 0 Å². The molecule has 19 heavy (non-hydrogen) atoms. The molecule has 0 spiro atoms. The van der Waals surface area contributed by atoms with Gasteiger partial charge in [-0.1, -0.05) is 45.4 Å². The largest absolute Gasteiger partial charge is 0.480 e. The van der Waals surface area contributed by atoms with Gasteiger partial charge in [0.1, 0.15) is 0 Å². The smallest absolute Gasteiger partial charge is 0.328 e. The minimum atomic E-state index is -1.21. The molecule has 0 rings (SSSR count). The van der Waals surface area contributed by atoms with Crippen LogP contribution in [0.5, 0.6) is 0 Å². The first-order chi connectivity index (χ1) is 8.99. The van der Waals surface area contributed by atoms with Gasteiger partial charge >= 0.3 is 5.97 Å². The molecule has 5 heteroatoms. The molecular formula is C14H27NO4. The molecule has 1 amide bonds. The Labute approximate surface area is 115 Å². The Balaban J connectivity index is 3.66. The molecule has 0 aromatic carbocycles. The molecule has 0 aliphatic rings. The highest BCUT2D eigenvalue weighted by atomic mass is 16.4. The number of rotatable bonds is 11. The van der Waals surface area contributed by atoms with Crippen LogP contribution < -0.4 is 5.32 Å². The number of carboxylic acid groups (broad SMARTS) is 1. The summed E-state index contributed by atoms with van der Waals surface area (Å²) in [6, 6.07) is -1.21. The van der Waals surface area contributed by atoms with Gasteiger partial charge in [0.15, 0.2) is 6.04 Å². The van der Waals surface area contributed by atoms with Crippen molar-refractivity contribution in [1.82, 2.24) is 5.32 Å². The second-order valence-corrected chi connectivity index (χ2v) is 5.00. The number of carbonyl (C=O) groups is 2. The van der Waals surface area contributed by atoms with Gasteiger partial charge in [-0.3, -0.25) is 4.79 Å². The number of hydrogen-bond donors (Lipinski definition) is 3. The summed E-state index contributed by atoms with van der Waals surface area (Å²) in [5.41, 5.74) is 0. The van der Waals surface area contributed by atoms with Gasteiger partial charge < -0.3 is 15.5 Å². The number of unbranched alkanes of at least 4 members (excludes halogenated alkanes) is 6. The van der Waals surface area contributed by atoms with Gasteiger partial charge in [0.25, 0.3) is 0 Å². The quantitative estimate of drug-likeness (QED) is 0.503. The molecule has 0 saturated carbocycles. The minimum Gasteiger partial charge on any atom is -0.480 e. The van der Waals surface area contributed by atoms with Crippen molar-refractivity contribution in [3.63, 3.8) is 0 Å². The lowest BCUT2D eigenvalue weighted by Gasteiger charge is -2.16. The summed E-state index contributed by atoms with van der Waals surface area (Å²) in [6.07, 6.45) is 7.03. The van der Waals surface area contributed by atoms with Crippen molar-refractivity contribution in [2.24, 2.45) is 0 Å². The summed E-state index contributed by atoms with van der Waals surface area (Å²) < 4.78 is 0. The summed E-state index contributed by atoms with van der Waals surface area (Å²) in [6.45, 7) is 3.53. The third-order valence-corrected chi connectivity index (χ3v) is 3.07. The van der Waals surface area contributed by atoms with Crippen LogP contribution in [0.3, 0.4) is 0 Å². The number of aliphatic hydroxyl groups excluding tert-OH is 1. The fourth-order valence-electron chi connectivity index (χ4n) is 1.88. The second-order valence-electron chi connectivity index (χ2n) is 5.00. The highest BCUT2D eigenvalue weighted by Crippen LogP contribution is 2.08. The van der Waals surface area contributed by atoms with Crippen LogP contribution in [-0.2, 0) is 9.59 Å². The first-order valence-electron chi connectivity index (χ1n) is 7.19. The number of carbonyl (C=O) groups excluding carboxylic acids is 1. The Morgan fingerprint density at radius 1 is 1.05 bits per heavy atom. The Morgan fingerprint density at radius 3 is 2.05 bits per heavy atom. The standard InChI is InChI=1S/C14H27NO4/c1-3-4-5-6-7-8-9-10-12(17)15-13(11(2)16)14(18)19/h11,13,16H,3-10H2,1-2H3,(H,15,17)(H,18,19)/t11-,13+/m1/s1. The molecule has 0 fully saturated rings. The van der Waals surface area contributed by atoms with E-state index in [1.54, 1.807) is 0 Å². The molecule has 112 valence electrons. The Bertz CT molecular complexity index is 266. The van der Waals surface area contributed by atoms with Gasteiger partial charge in [-0.2, -0.15) is 0 Å². The van der Waals surface area contributed by atoms with E-state index in [2.05, 4.69) is 12.2 Å². The second kappa shape index (κ2) is 10.8. The lowest BCUT2D eigenvalue weighted by molar-refractivity contribution is -0.144. The number of amides is 1. The monoisotopic (exact) mass is 273 g/mol. The highest BCUT2D eigenvalue weighted by molar-refractivity contribution is 5.83. The van der Waals surface area contributed by atoms with Crippen LogP contribution in [0.15, 0.2) is 0 Å². The molecule has 2 atom stereocenters. The van der Waals surface area contributed by atoms with Gasteiger partial charge in [-0.15, -0.1) is 0 Å². The molecule has 5 nitrogen and oxygen atoms in total. The SMILES string of the molecule is CCCCCCCCCC(=O)N[C@H](C(=O)O)[C@@H](C)O. The van der Waals surface area contributed by atoms with Gasteiger partial charge in [-0.25, -0.2) is 4.79 Å². The van der Waals surface area contributed by atoms with Crippen molar-refractivity contribution < 1.29 is 19.8 Å². The summed E-state index contributed by atoms with van der Waals surface area (Å²) in [4.78, 5) is 22.3. The Morgan fingerprint density at radius 2 is 1.58 bits per heavy atom. The van der Waals surface area contributed by atoms with E-state index in [-0.39, 0.29) is 5.91 Å². The molecule has 0 unspecified atom stereocenters. The number of hydrogen-bond acceptors (Lipinski definition) is 3. The molecular weight excluding hydrogens is 246 g/mol. The summed E-state index contributed by atoms with van der Waals surface area (Å²) in [5, 5.41) is 20.4. The van der Waals surface area contributed by atoms with Crippen LogP contribution >= 0.6 is 0 Å². The zero-order chi connectivity index (χ0) is 14.7. The average molecular weight is 273 g/mol. The van der Waals surface area contributed by atoms with Crippen LogP contribution in [0.4, 0.5) is 0 Å². The number of aliphatic carboxylic acids is 1. The summed E-state index contributed by atoms with van der Waals surface area (Å²) in [5.74, 6) is -1.51. The molecule has 0 aliphatic carbocycles. The molecule has 0 heterocycles. The van der Waals surface area contributed by atoms with Crippen LogP contribution in [0.1, 0.15) is 65.2 Å². The normalized spacial score (nSPS) is 13.8. The van der Waals surface area contributed by atoms with E-state index in [1.807, 2.05) is 0 Å². The topological polar surface area (TPSA) is 86.6 Å². The molecule has 0 aromatic rings. The molecule has 0 saturated heterocycles. The maximum atomic E-state index is 11.5. The Hall–Kier alpha value is -1.10. The fourth-order valence-corrected chi connectivity index (χ4v) is 1.88. The fraction of sp³-hybridized carbons (Fsp3) is 0.857. The lowest BCUT2D eigenvalue weighted by atomic mass is 10.1. The number of nitrogens with one attached hydrogen (secondary N) is 1. The minimum absolute atomic E-state index is 0.304. The van der Waals surface area contributed by atoms with Gasteiger partial charge in [0.2, 0.25) is 5.91 Å². The van der Waals surface area contributed by atoms with Crippen molar-refractivity contribution in [3.8, 4) is 0 Å². The van der Waals surface area contributed by atoms with Crippen LogP contribution in [0.2, 0.25) is 0 Å². The van der Waals surface area contributed by atoms with Crippen molar-refractivity contribution in [2.75, 3.05) is 0 Å². The first kappa shape index (κ1) is 17.9. The van der Waals surface area contributed by atoms with Crippen molar-refractivity contribution in [2.45, 2.75) is 77.4 Å². The van der Waals surface area contributed by atoms with E-state index in [4.69, 9.17) is 5.11 Å². The van der Waals surface area contributed by atoms with E-state index in [0.29, 0.717) is 6.42 Å². The predicted molar refractivity (Wildman–Crippen MR) is 73.9 cm³/mol. The molecule has 0 radical (unpaired) electrons. The van der Waals surface area contributed by atoms with E-state index >= 15 is 0 Å². The average Bonchev–Trinajstić information content (AvgIpc) is 2.34. The molecule has 3 N–H and O–H groups in total. The zero-order valence-corrected chi connectivity index (χ0v) is 12.0. The zero-order valence-electron chi connectivity index (χ0n) is 12.0. The van der Waals surface area contributed by atoms with Gasteiger partial charge in [0.05, 0.1) is 6.10 Å². The maximum Gasteiger partial charge on any atom is 0.328 e. The van der Waals surface area contributed by atoms with Crippen LogP contribution in [-0.4, -0.2) is 34.2 Å². The van der Waals surface area contributed by atoms with Crippen LogP contribution in [0, 0.1) is 0 Å². The van der Waals surface area contributed by atoms with E-state index in [0.717, 1.165) is 19.3 Å². The highest BCUT2D eigenvalue weighted by Gasteiger charge is 2.24. The maximum absolute atomic E-state index is 11.5. The summed E-state index contributed by atoms with van der Waals surface area (Å²) >= 11 is 0. The third-order valence-electron chi connectivity index (χ3n) is 3.07. The van der Waals surface area contributed by atoms with Gasteiger partial charge in [-0.05, 0) is 13.3 Å². The lowest BCUT2D eigenvalue weighted by Crippen LogP contribution is -2.47. The van der Waals surface area contributed by atoms with Crippen molar-refractivity contribution >= 4 is 11.9 Å². The molecule has 0 aliphatic heterocycles. The van der Waals surface area contributed by atoms with Crippen LogP contribution in [0.25, 0.3) is 0 Å². The Kier molecular flexibility index (Phi) is 10.2. The van der Waals surface area contributed by atoms with Crippen molar-refractivity contribution in [1.29, 1.82) is 0 Å². The molecule has 0 bridgehead atoms. The van der Waals surface area contributed by atoms with Gasteiger partial charge in [0, 0.05) is 6.42 Å². The predicted octanol–water partition coefficient (Wildman–Crippen LogP) is 2.08. The third kappa shape index (κ3) is 9.47. The molecule has 0 aromatic heterocycles.